The first-order chi connectivity index (χ1) is 10.7. The van der Waals surface area contributed by atoms with Gasteiger partial charge >= 0.3 is 6.09 Å². The highest BCUT2D eigenvalue weighted by molar-refractivity contribution is 5.74. The van der Waals surface area contributed by atoms with Crippen LogP contribution in [0.1, 0.15) is 27.2 Å². The molecule has 0 saturated carbocycles. The fraction of sp³-hybridized carbons (Fsp3) is 0.500. The molecule has 1 heterocycles. The van der Waals surface area contributed by atoms with Crippen molar-refractivity contribution in [3.05, 3.63) is 29.8 Å². The number of ether oxygens (including phenoxy) is 2. The molecule has 0 N–H and O–H groups in total. The van der Waals surface area contributed by atoms with E-state index in [4.69, 9.17) is 9.47 Å². The Hall–Kier alpha value is -2.18. The van der Waals surface area contributed by atoms with Crippen molar-refractivity contribution in [2.24, 2.45) is 0 Å². The van der Waals surface area contributed by atoms with Gasteiger partial charge in [0.15, 0.2) is 11.6 Å². The van der Waals surface area contributed by atoms with Crippen LogP contribution in [0.5, 0.6) is 5.75 Å². The van der Waals surface area contributed by atoms with Gasteiger partial charge in [0.2, 0.25) is 0 Å². The minimum absolute atomic E-state index is 0.0924. The predicted octanol–water partition coefficient (Wildman–Crippen LogP) is 2.92. The molecule has 23 heavy (non-hydrogen) atoms. The zero-order chi connectivity index (χ0) is 17.2. The summed E-state index contributed by atoms with van der Waals surface area (Å²) >= 11 is 0. The minimum Gasteiger partial charge on any atom is -0.485 e. The van der Waals surface area contributed by atoms with E-state index >= 15 is 0 Å². The Morgan fingerprint density at radius 3 is 2.61 bits per heavy atom. The van der Waals surface area contributed by atoms with Gasteiger partial charge in [-0.1, -0.05) is 0 Å². The van der Waals surface area contributed by atoms with Gasteiger partial charge in [-0.3, -0.25) is 4.90 Å². The van der Waals surface area contributed by atoms with Gasteiger partial charge in [0.25, 0.3) is 0 Å². The average molecular weight is 327 g/mol. The summed E-state index contributed by atoms with van der Waals surface area (Å²) in [6.45, 7) is 5.26. The van der Waals surface area contributed by atoms with Crippen LogP contribution in [0.25, 0.3) is 0 Å². The number of rotatable bonds is 3. The van der Waals surface area contributed by atoms with Crippen molar-refractivity contribution >= 4 is 12.4 Å². The maximum Gasteiger partial charge on any atom is 0.411 e. The number of halogens is 2. The third kappa shape index (κ3) is 4.40. The number of carbonyl (C=O) groups excluding carboxylic acids is 2. The van der Waals surface area contributed by atoms with E-state index in [-0.39, 0.29) is 18.7 Å². The molecule has 1 aromatic carbocycles. The molecule has 1 aromatic rings. The molecule has 5 nitrogen and oxygen atoms in total. The SMILES string of the molecule is CC(C)(C)OC(=O)N1C[C@@H](Oc2ccc(F)cc2F)C[C@H]1C=O. The number of nitrogens with zero attached hydrogens (tertiary/aromatic N) is 1. The molecule has 1 saturated heterocycles. The molecular weight excluding hydrogens is 308 g/mol. The normalized spacial score (nSPS) is 21.2. The Morgan fingerprint density at radius 2 is 2.04 bits per heavy atom. The molecule has 1 aliphatic rings. The van der Waals surface area contributed by atoms with Crippen molar-refractivity contribution in [2.75, 3.05) is 6.54 Å². The predicted molar refractivity (Wildman–Crippen MR) is 78.2 cm³/mol. The van der Waals surface area contributed by atoms with Gasteiger partial charge < -0.3 is 14.3 Å². The molecule has 2 rings (SSSR count). The topological polar surface area (TPSA) is 55.8 Å². The highest BCUT2D eigenvalue weighted by Crippen LogP contribution is 2.26. The van der Waals surface area contributed by atoms with E-state index in [0.29, 0.717) is 12.4 Å². The van der Waals surface area contributed by atoms with Gasteiger partial charge in [-0.05, 0) is 32.9 Å². The summed E-state index contributed by atoms with van der Waals surface area (Å²) < 4.78 is 37.2. The van der Waals surface area contributed by atoms with Crippen molar-refractivity contribution in [1.82, 2.24) is 4.90 Å². The Morgan fingerprint density at radius 1 is 1.35 bits per heavy atom. The lowest BCUT2D eigenvalue weighted by Crippen LogP contribution is -2.41. The number of aldehydes is 1. The number of carbonyl (C=O) groups is 2. The molecule has 0 spiro atoms. The summed E-state index contributed by atoms with van der Waals surface area (Å²) in [6.07, 6.45) is -0.341. The number of benzene rings is 1. The summed E-state index contributed by atoms with van der Waals surface area (Å²) in [5.74, 6) is -1.65. The first-order valence-electron chi connectivity index (χ1n) is 7.26. The molecule has 0 bridgehead atoms. The van der Waals surface area contributed by atoms with E-state index in [1.807, 2.05) is 0 Å². The van der Waals surface area contributed by atoms with Crippen molar-refractivity contribution in [3.8, 4) is 5.75 Å². The van der Waals surface area contributed by atoms with Crippen molar-refractivity contribution in [2.45, 2.75) is 44.9 Å². The summed E-state index contributed by atoms with van der Waals surface area (Å²) in [4.78, 5) is 24.5. The van der Waals surface area contributed by atoms with Crippen LogP contribution in [-0.2, 0) is 9.53 Å². The van der Waals surface area contributed by atoms with Crippen LogP contribution in [0.4, 0.5) is 13.6 Å². The Kier molecular flexibility index (Phi) is 4.87. The summed E-state index contributed by atoms with van der Waals surface area (Å²) in [5.41, 5.74) is -0.688. The zero-order valence-electron chi connectivity index (χ0n) is 13.2. The molecule has 0 unspecified atom stereocenters. The van der Waals surface area contributed by atoms with Crippen LogP contribution < -0.4 is 4.74 Å². The van der Waals surface area contributed by atoms with Crippen LogP contribution in [0.15, 0.2) is 18.2 Å². The fourth-order valence-electron chi connectivity index (χ4n) is 2.32. The molecule has 126 valence electrons. The molecule has 7 heteroatoms. The molecule has 2 atom stereocenters. The molecule has 0 radical (unpaired) electrons. The summed E-state index contributed by atoms with van der Waals surface area (Å²) in [5, 5.41) is 0. The quantitative estimate of drug-likeness (QED) is 0.801. The van der Waals surface area contributed by atoms with Crippen LogP contribution >= 0.6 is 0 Å². The standard InChI is InChI=1S/C16H19F2NO4/c1-16(2,3)23-15(21)19-8-12(7-11(19)9-20)22-14-5-4-10(17)6-13(14)18/h4-6,9,11-12H,7-8H2,1-3H3/t11-,12-/m0/s1. The van der Waals surface area contributed by atoms with E-state index in [9.17, 15) is 18.4 Å². The summed E-state index contributed by atoms with van der Waals surface area (Å²) in [7, 11) is 0. The largest absolute Gasteiger partial charge is 0.485 e. The van der Waals surface area contributed by atoms with Crippen molar-refractivity contribution in [3.63, 3.8) is 0 Å². The Bertz CT molecular complexity index is 600. The average Bonchev–Trinajstić information content (AvgIpc) is 2.83. The maximum absolute atomic E-state index is 13.6. The second-order valence-electron chi connectivity index (χ2n) is 6.39. The van der Waals surface area contributed by atoms with Crippen molar-refractivity contribution in [1.29, 1.82) is 0 Å². The van der Waals surface area contributed by atoms with E-state index in [1.165, 1.54) is 11.0 Å². The molecular formula is C16H19F2NO4. The first-order valence-corrected chi connectivity index (χ1v) is 7.26. The van der Waals surface area contributed by atoms with E-state index in [2.05, 4.69) is 0 Å². The third-order valence-corrected chi connectivity index (χ3v) is 3.28. The van der Waals surface area contributed by atoms with Crippen LogP contribution in [0.3, 0.4) is 0 Å². The second-order valence-corrected chi connectivity index (χ2v) is 6.39. The van der Waals surface area contributed by atoms with E-state index in [1.54, 1.807) is 20.8 Å². The fourth-order valence-corrected chi connectivity index (χ4v) is 2.32. The molecule has 1 fully saturated rings. The molecule has 1 amide bonds. The monoisotopic (exact) mass is 327 g/mol. The van der Waals surface area contributed by atoms with Gasteiger partial charge in [-0.15, -0.1) is 0 Å². The molecule has 1 aliphatic heterocycles. The lowest BCUT2D eigenvalue weighted by atomic mass is 10.2. The zero-order valence-corrected chi connectivity index (χ0v) is 13.2. The van der Waals surface area contributed by atoms with Gasteiger partial charge in [0.1, 0.15) is 23.8 Å². The highest BCUT2D eigenvalue weighted by atomic mass is 19.1. The second kappa shape index (κ2) is 6.52. The van der Waals surface area contributed by atoms with Gasteiger partial charge in [0.05, 0.1) is 12.6 Å². The Balaban J connectivity index is 2.06. The van der Waals surface area contributed by atoms with E-state index < -0.39 is 35.5 Å². The first kappa shape index (κ1) is 17.2. The Labute approximate surface area is 133 Å². The third-order valence-electron chi connectivity index (χ3n) is 3.28. The number of likely N-dealkylation sites (tertiary alicyclic amines) is 1. The molecule has 0 aromatic heterocycles. The van der Waals surface area contributed by atoms with Gasteiger partial charge in [-0.2, -0.15) is 0 Å². The van der Waals surface area contributed by atoms with Gasteiger partial charge in [-0.25, -0.2) is 13.6 Å². The number of amides is 1. The van der Waals surface area contributed by atoms with E-state index in [0.717, 1.165) is 6.07 Å². The highest BCUT2D eigenvalue weighted by Gasteiger charge is 2.38. The maximum atomic E-state index is 13.6. The number of hydrogen-bond acceptors (Lipinski definition) is 4. The van der Waals surface area contributed by atoms with Gasteiger partial charge in [0, 0.05) is 12.5 Å². The molecule has 0 aliphatic carbocycles. The minimum atomic E-state index is -0.830. The summed E-state index contributed by atoms with van der Waals surface area (Å²) in [6, 6.07) is 2.28. The van der Waals surface area contributed by atoms with Crippen LogP contribution in [0.2, 0.25) is 0 Å². The van der Waals surface area contributed by atoms with Crippen LogP contribution in [-0.4, -0.2) is 41.6 Å². The lowest BCUT2D eigenvalue weighted by molar-refractivity contribution is -0.111. The van der Waals surface area contributed by atoms with Crippen molar-refractivity contribution < 1.29 is 27.8 Å². The van der Waals surface area contributed by atoms with Crippen LogP contribution in [0, 0.1) is 11.6 Å². The smallest absolute Gasteiger partial charge is 0.411 e. The lowest BCUT2D eigenvalue weighted by Gasteiger charge is -2.26. The number of hydrogen-bond donors (Lipinski definition) is 0.